The molecule has 1 aliphatic rings. The van der Waals surface area contributed by atoms with Gasteiger partial charge in [-0.3, -0.25) is 0 Å². The van der Waals surface area contributed by atoms with E-state index in [1.54, 1.807) is 10.8 Å². The van der Waals surface area contributed by atoms with Crippen LogP contribution in [0, 0.1) is 0 Å². The zero-order chi connectivity index (χ0) is 19.2. The highest BCUT2D eigenvalue weighted by molar-refractivity contribution is 7.18. The van der Waals surface area contributed by atoms with Crippen LogP contribution in [0.3, 0.4) is 0 Å². The van der Waals surface area contributed by atoms with Gasteiger partial charge in [-0.2, -0.15) is 0 Å². The van der Waals surface area contributed by atoms with Gasteiger partial charge in [-0.05, 0) is 33.8 Å². The fourth-order valence-electron chi connectivity index (χ4n) is 4.52. The van der Waals surface area contributed by atoms with E-state index in [9.17, 15) is 0 Å². The standard InChI is InChI=1S/C18H35B2N3Si2/c1-21(2)20(22(3)4)18-17(16-14-12-11-13-15-16)19(18)23(24(5,6)7)25(8,9)10/h11-15H,1-10H3. The quantitative estimate of drug-likeness (QED) is 0.678. The van der Waals surface area contributed by atoms with Crippen molar-refractivity contribution >= 4 is 35.8 Å². The minimum Gasteiger partial charge on any atom is -0.381 e. The van der Waals surface area contributed by atoms with Crippen LogP contribution in [0.4, 0.5) is 0 Å². The van der Waals surface area contributed by atoms with Crippen molar-refractivity contribution in [3.05, 3.63) is 41.3 Å². The molecule has 1 aromatic carbocycles. The first kappa shape index (κ1) is 20.7. The molecule has 2 rings (SSSR count). The normalized spacial score (nSPS) is 15.6. The first-order chi connectivity index (χ1) is 11.4. The number of hydrogen-bond acceptors (Lipinski definition) is 3. The number of hydrogen-bond donors (Lipinski definition) is 0. The Morgan fingerprint density at radius 3 is 1.56 bits per heavy atom. The molecule has 0 bridgehead atoms. The maximum absolute atomic E-state index is 2.96. The Labute approximate surface area is 158 Å². The third-order valence-electron chi connectivity index (χ3n) is 4.84. The van der Waals surface area contributed by atoms with E-state index in [2.05, 4.69) is 112 Å². The van der Waals surface area contributed by atoms with Crippen molar-refractivity contribution in [2.45, 2.75) is 39.3 Å². The third-order valence-corrected chi connectivity index (χ3v) is 12.3. The summed E-state index contributed by atoms with van der Waals surface area (Å²) in [6.07, 6.45) is 0. The van der Waals surface area contributed by atoms with Gasteiger partial charge < -0.3 is 13.8 Å². The average Bonchev–Trinajstić information content (AvgIpc) is 3.09. The molecule has 3 nitrogen and oxygen atoms in total. The molecule has 1 aliphatic heterocycles. The van der Waals surface area contributed by atoms with E-state index in [-0.39, 0.29) is 0 Å². The van der Waals surface area contributed by atoms with Crippen molar-refractivity contribution in [3.8, 4) is 0 Å². The van der Waals surface area contributed by atoms with Crippen LogP contribution >= 0.6 is 0 Å². The fraction of sp³-hybridized carbons (Fsp3) is 0.556. The molecule has 136 valence electrons. The molecule has 0 unspecified atom stereocenters. The second-order valence-corrected chi connectivity index (χ2v) is 19.7. The summed E-state index contributed by atoms with van der Waals surface area (Å²) in [7, 11) is 5.91. The fourth-order valence-corrected chi connectivity index (χ4v) is 14.7. The Kier molecular flexibility index (Phi) is 5.96. The van der Waals surface area contributed by atoms with Crippen LogP contribution in [0.1, 0.15) is 5.56 Å². The van der Waals surface area contributed by atoms with E-state index in [0.29, 0.717) is 13.8 Å². The second-order valence-electron chi connectivity index (χ2n) is 9.65. The van der Waals surface area contributed by atoms with Crippen molar-refractivity contribution in [1.82, 2.24) is 13.8 Å². The van der Waals surface area contributed by atoms with Crippen molar-refractivity contribution < 1.29 is 0 Å². The molecule has 0 saturated heterocycles. The van der Waals surface area contributed by atoms with Gasteiger partial charge >= 0.3 is 6.98 Å². The molecule has 1 aromatic rings. The van der Waals surface area contributed by atoms with Gasteiger partial charge in [0, 0.05) is 0 Å². The summed E-state index contributed by atoms with van der Waals surface area (Å²) in [6.45, 7) is 15.9. The summed E-state index contributed by atoms with van der Waals surface area (Å²) in [5, 5.41) is 1.60. The van der Waals surface area contributed by atoms with Gasteiger partial charge in [-0.1, -0.05) is 80.5 Å². The van der Waals surface area contributed by atoms with Gasteiger partial charge in [0.05, 0.1) is 0 Å². The van der Waals surface area contributed by atoms with E-state index in [4.69, 9.17) is 0 Å². The van der Waals surface area contributed by atoms with Crippen LogP contribution in [0.15, 0.2) is 35.7 Å². The lowest BCUT2D eigenvalue weighted by Gasteiger charge is -2.45. The minimum absolute atomic E-state index is 0.357. The lowest BCUT2D eigenvalue weighted by atomic mass is 9.55. The van der Waals surface area contributed by atoms with E-state index in [0.717, 1.165) is 0 Å². The van der Waals surface area contributed by atoms with Gasteiger partial charge in [0.1, 0.15) is 16.5 Å². The Morgan fingerprint density at radius 1 is 0.760 bits per heavy atom. The van der Waals surface area contributed by atoms with Gasteiger partial charge in [0.15, 0.2) is 0 Å². The van der Waals surface area contributed by atoms with Crippen molar-refractivity contribution in [2.75, 3.05) is 28.2 Å². The van der Waals surface area contributed by atoms with Crippen LogP contribution in [-0.2, 0) is 0 Å². The first-order valence-corrected chi connectivity index (χ1v) is 16.2. The maximum Gasteiger partial charge on any atom is 0.333 e. The van der Waals surface area contributed by atoms with Gasteiger partial charge in [-0.15, -0.1) is 0 Å². The van der Waals surface area contributed by atoms with Crippen molar-refractivity contribution in [1.29, 1.82) is 0 Å². The summed E-state index contributed by atoms with van der Waals surface area (Å²) in [4.78, 5) is 4.70. The van der Waals surface area contributed by atoms with Crippen LogP contribution in [0.2, 0.25) is 39.3 Å². The molecule has 1 heterocycles. The lowest BCUT2D eigenvalue weighted by molar-refractivity contribution is 0.529. The zero-order valence-corrected chi connectivity index (χ0v) is 19.9. The Balaban J connectivity index is 2.55. The maximum atomic E-state index is 2.96. The Morgan fingerprint density at radius 2 is 1.20 bits per heavy atom. The van der Waals surface area contributed by atoms with Crippen LogP contribution in [0.5, 0.6) is 0 Å². The highest BCUT2D eigenvalue weighted by Crippen LogP contribution is 2.46. The monoisotopic (exact) mass is 371 g/mol. The summed E-state index contributed by atoms with van der Waals surface area (Å²) in [5.41, 5.74) is 2.97. The van der Waals surface area contributed by atoms with E-state index in [1.807, 2.05) is 0 Å². The molecule has 0 fully saturated rings. The largest absolute Gasteiger partial charge is 0.381 e. The van der Waals surface area contributed by atoms with Crippen LogP contribution in [-0.4, -0.2) is 72.3 Å². The minimum atomic E-state index is -1.44. The summed E-state index contributed by atoms with van der Waals surface area (Å²) in [5.74, 6) is 0. The molecule has 0 saturated carbocycles. The van der Waals surface area contributed by atoms with Gasteiger partial charge in [0.25, 0.3) is 6.85 Å². The topological polar surface area (TPSA) is 9.72 Å². The smallest absolute Gasteiger partial charge is 0.333 e. The van der Waals surface area contributed by atoms with E-state index >= 15 is 0 Å². The average molecular weight is 371 g/mol. The summed E-state index contributed by atoms with van der Waals surface area (Å²) < 4.78 is 2.96. The molecule has 0 radical (unpaired) electrons. The molecule has 0 amide bonds. The Hall–Kier alpha value is -0.596. The SMILES string of the molecule is CN(C)B(C1=C(c2ccccc2)B1N([Si](C)(C)C)[Si](C)(C)C)N(C)C. The number of rotatable bonds is 7. The van der Waals surface area contributed by atoms with Gasteiger partial charge in [-0.25, -0.2) is 0 Å². The van der Waals surface area contributed by atoms with Crippen LogP contribution in [0.25, 0.3) is 5.47 Å². The molecule has 0 N–H and O–H groups in total. The second kappa shape index (κ2) is 7.20. The molecule has 7 heteroatoms. The number of nitrogens with zero attached hydrogens (tertiary/aromatic N) is 3. The molecule has 0 spiro atoms. The van der Waals surface area contributed by atoms with Crippen molar-refractivity contribution in [2.24, 2.45) is 0 Å². The predicted octanol–water partition coefficient (Wildman–Crippen LogP) is 3.65. The predicted molar refractivity (Wildman–Crippen MR) is 121 cm³/mol. The molecular formula is C18H35B2N3Si2. The van der Waals surface area contributed by atoms with Crippen LogP contribution < -0.4 is 0 Å². The zero-order valence-electron chi connectivity index (χ0n) is 17.9. The highest BCUT2D eigenvalue weighted by Gasteiger charge is 2.57. The summed E-state index contributed by atoms with van der Waals surface area (Å²) in [6, 6.07) is 11.0. The summed E-state index contributed by atoms with van der Waals surface area (Å²) >= 11 is 0. The molecule has 0 aliphatic carbocycles. The van der Waals surface area contributed by atoms with Gasteiger partial charge in [0.2, 0.25) is 0 Å². The third kappa shape index (κ3) is 4.39. The first-order valence-electron chi connectivity index (χ1n) is 9.29. The number of benzene rings is 1. The lowest BCUT2D eigenvalue weighted by Crippen LogP contribution is -2.64. The van der Waals surface area contributed by atoms with E-state index in [1.165, 1.54) is 5.56 Å². The Bertz CT molecular complexity index is 612. The molecule has 0 aromatic heterocycles. The molecular weight excluding hydrogens is 336 g/mol. The molecule has 0 atom stereocenters. The van der Waals surface area contributed by atoms with E-state index < -0.39 is 16.5 Å². The molecule has 25 heavy (non-hydrogen) atoms. The highest BCUT2D eigenvalue weighted by atomic mass is 28.4. The van der Waals surface area contributed by atoms with Crippen molar-refractivity contribution in [3.63, 3.8) is 0 Å².